The van der Waals surface area contributed by atoms with Crippen molar-refractivity contribution >= 4 is 5.82 Å². The molecule has 2 rings (SSSR count). The summed E-state index contributed by atoms with van der Waals surface area (Å²) in [4.78, 5) is 9.24. The molecule has 2 aromatic heterocycles. The van der Waals surface area contributed by atoms with Gasteiger partial charge < -0.3 is 5.32 Å². The third kappa shape index (κ3) is 2.92. The second kappa shape index (κ2) is 5.82. The van der Waals surface area contributed by atoms with E-state index in [1.165, 1.54) is 0 Å². The molecule has 0 unspecified atom stereocenters. The minimum Gasteiger partial charge on any atom is -0.369 e. The van der Waals surface area contributed by atoms with E-state index in [9.17, 15) is 0 Å². The maximum atomic E-state index is 4.66. The van der Waals surface area contributed by atoms with Crippen LogP contribution in [0.4, 0.5) is 5.82 Å². The van der Waals surface area contributed by atoms with Crippen molar-refractivity contribution in [3.63, 3.8) is 0 Å². The quantitative estimate of drug-likeness (QED) is 0.897. The number of rotatable bonds is 5. The zero-order valence-corrected chi connectivity index (χ0v) is 12.1. The van der Waals surface area contributed by atoms with Crippen LogP contribution in [0.2, 0.25) is 0 Å². The number of hydrogen-bond acceptors (Lipinski definition) is 4. The molecule has 0 aliphatic carbocycles. The van der Waals surface area contributed by atoms with Gasteiger partial charge >= 0.3 is 0 Å². The van der Waals surface area contributed by atoms with E-state index in [1.54, 1.807) is 0 Å². The van der Waals surface area contributed by atoms with Crippen molar-refractivity contribution in [3.8, 4) is 11.3 Å². The molecule has 2 aromatic rings. The fourth-order valence-corrected chi connectivity index (χ4v) is 1.93. The van der Waals surface area contributed by atoms with E-state index in [2.05, 4.69) is 34.2 Å². The Bertz CT molecular complexity index is 559. The van der Waals surface area contributed by atoms with E-state index in [0.29, 0.717) is 0 Å². The summed E-state index contributed by atoms with van der Waals surface area (Å²) < 4.78 is 1.95. The molecular weight excluding hydrogens is 238 g/mol. The summed E-state index contributed by atoms with van der Waals surface area (Å²) >= 11 is 0. The highest BCUT2D eigenvalue weighted by molar-refractivity contribution is 5.70. The van der Waals surface area contributed by atoms with Gasteiger partial charge in [-0.25, -0.2) is 9.97 Å². The number of aromatic nitrogens is 4. The van der Waals surface area contributed by atoms with E-state index in [-0.39, 0.29) is 0 Å². The Balaban J connectivity index is 2.43. The van der Waals surface area contributed by atoms with Gasteiger partial charge in [-0.05, 0) is 27.2 Å². The van der Waals surface area contributed by atoms with Gasteiger partial charge in [0.1, 0.15) is 5.69 Å². The molecule has 0 saturated carbocycles. The van der Waals surface area contributed by atoms with Crippen LogP contribution in [-0.2, 0) is 6.54 Å². The number of nitrogens with zero attached hydrogens (tertiary/aromatic N) is 4. The summed E-state index contributed by atoms with van der Waals surface area (Å²) in [5.74, 6) is 0.835. The zero-order chi connectivity index (χ0) is 13.8. The standard InChI is InChI=1S/C14H21N5/c1-5-7-19-9-12(8-16-19)13-14(15-6-2)18-11(4)10(3)17-13/h8-9H,5-7H2,1-4H3,(H,15,18). The molecule has 2 heterocycles. The Labute approximate surface area is 114 Å². The molecule has 102 valence electrons. The molecule has 0 bridgehead atoms. The van der Waals surface area contributed by atoms with Gasteiger partial charge in [-0.15, -0.1) is 0 Å². The predicted molar refractivity (Wildman–Crippen MR) is 77.2 cm³/mol. The highest BCUT2D eigenvalue weighted by Gasteiger charge is 2.12. The summed E-state index contributed by atoms with van der Waals surface area (Å²) in [7, 11) is 0. The first-order valence-electron chi connectivity index (χ1n) is 6.77. The van der Waals surface area contributed by atoms with Gasteiger partial charge in [-0.2, -0.15) is 5.10 Å². The molecule has 1 N–H and O–H groups in total. The Morgan fingerprint density at radius 2 is 1.89 bits per heavy atom. The monoisotopic (exact) mass is 259 g/mol. The van der Waals surface area contributed by atoms with Gasteiger partial charge in [0.05, 0.1) is 17.6 Å². The van der Waals surface area contributed by atoms with Crippen molar-refractivity contribution in [2.75, 3.05) is 11.9 Å². The summed E-state index contributed by atoms with van der Waals surface area (Å²) in [6.07, 6.45) is 4.96. The third-order valence-corrected chi connectivity index (χ3v) is 3.01. The van der Waals surface area contributed by atoms with Gasteiger partial charge in [0.25, 0.3) is 0 Å². The van der Waals surface area contributed by atoms with Crippen molar-refractivity contribution in [1.29, 1.82) is 0 Å². The highest BCUT2D eigenvalue weighted by Crippen LogP contribution is 2.25. The molecule has 0 radical (unpaired) electrons. The fourth-order valence-electron chi connectivity index (χ4n) is 1.93. The molecule has 0 spiro atoms. The lowest BCUT2D eigenvalue weighted by Gasteiger charge is -2.10. The average Bonchev–Trinajstić information content (AvgIpc) is 2.83. The Morgan fingerprint density at radius 1 is 1.16 bits per heavy atom. The smallest absolute Gasteiger partial charge is 0.153 e. The average molecular weight is 259 g/mol. The van der Waals surface area contributed by atoms with Crippen LogP contribution >= 0.6 is 0 Å². The molecule has 5 nitrogen and oxygen atoms in total. The first-order valence-corrected chi connectivity index (χ1v) is 6.77. The lowest BCUT2D eigenvalue weighted by Crippen LogP contribution is -2.06. The summed E-state index contributed by atoms with van der Waals surface area (Å²) in [6, 6.07) is 0. The normalized spacial score (nSPS) is 10.7. The van der Waals surface area contributed by atoms with Crippen LogP contribution in [0.1, 0.15) is 31.7 Å². The third-order valence-electron chi connectivity index (χ3n) is 3.01. The summed E-state index contributed by atoms with van der Waals surface area (Å²) in [6.45, 7) is 9.91. The molecule has 0 amide bonds. The molecular formula is C14H21N5. The number of hydrogen-bond donors (Lipinski definition) is 1. The van der Waals surface area contributed by atoms with Crippen molar-refractivity contribution in [1.82, 2.24) is 19.7 Å². The van der Waals surface area contributed by atoms with Gasteiger partial charge in [-0.3, -0.25) is 4.68 Å². The fraction of sp³-hybridized carbons (Fsp3) is 0.500. The van der Waals surface area contributed by atoms with E-state index < -0.39 is 0 Å². The Morgan fingerprint density at radius 3 is 2.58 bits per heavy atom. The van der Waals surface area contributed by atoms with Crippen LogP contribution in [-0.4, -0.2) is 26.3 Å². The maximum absolute atomic E-state index is 4.66. The summed E-state index contributed by atoms with van der Waals surface area (Å²) in [5, 5.41) is 7.63. The van der Waals surface area contributed by atoms with Gasteiger partial charge in [0.15, 0.2) is 5.82 Å². The topological polar surface area (TPSA) is 55.6 Å². The highest BCUT2D eigenvalue weighted by atomic mass is 15.3. The predicted octanol–water partition coefficient (Wildman–Crippen LogP) is 2.80. The molecule has 0 aliphatic rings. The van der Waals surface area contributed by atoms with Crippen LogP contribution in [0.3, 0.4) is 0 Å². The maximum Gasteiger partial charge on any atom is 0.153 e. The number of aryl methyl sites for hydroxylation is 3. The molecule has 0 atom stereocenters. The molecule has 0 aliphatic heterocycles. The molecule has 0 saturated heterocycles. The minimum atomic E-state index is 0.827. The van der Waals surface area contributed by atoms with Crippen molar-refractivity contribution < 1.29 is 0 Å². The zero-order valence-electron chi connectivity index (χ0n) is 12.1. The second-order valence-corrected chi connectivity index (χ2v) is 4.61. The van der Waals surface area contributed by atoms with Gasteiger partial charge in [0.2, 0.25) is 0 Å². The van der Waals surface area contributed by atoms with E-state index in [4.69, 9.17) is 0 Å². The van der Waals surface area contributed by atoms with Crippen LogP contribution in [0.15, 0.2) is 12.4 Å². The Kier molecular flexibility index (Phi) is 4.14. The van der Waals surface area contributed by atoms with E-state index in [1.807, 2.05) is 30.9 Å². The molecule has 5 heteroatoms. The van der Waals surface area contributed by atoms with E-state index in [0.717, 1.165) is 48.0 Å². The first kappa shape index (κ1) is 13.5. The first-order chi connectivity index (χ1) is 9.15. The van der Waals surface area contributed by atoms with Crippen LogP contribution < -0.4 is 5.32 Å². The lowest BCUT2D eigenvalue weighted by molar-refractivity contribution is 0.603. The summed E-state index contributed by atoms with van der Waals surface area (Å²) in [5.41, 5.74) is 3.81. The van der Waals surface area contributed by atoms with Crippen molar-refractivity contribution in [3.05, 3.63) is 23.8 Å². The molecule has 0 fully saturated rings. The van der Waals surface area contributed by atoms with Crippen LogP contribution in [0.25, 0.3) is 11.3 Å². The van der Waals surface area contributed by atoms with Gasteiger partial charge in [-0.1, -0.05) is 6.92 Å². The van der Waals surface area contributed by atoms with Crippen molar-refractivity contribution in [2.24, 2.45) is 0 Å². The Hall–Kier alpha value is -1.91. The lowest BCUT2D eigenvalue weighted by atomic mass is 10.2. The molecule has 19 heavy (non-hydrogen) atoms. The molecule has 0 aromatic carbocycles. The van der Waals surface area contributed by atoms with E-state index >= 15 is 0 Å². The number of nitrogens with one attached hydrogen (secondary N) is 1. The minimum absolute atomic E-state index is 0.827. The van der Waals surface area contributed by atoms with Crippen LogP contribution in [0, 0.1) is 13.8 Å². The number of anilines is 1. The second-order valence-electron chi connectivity index (χ2n) is 4.61. The van der Waals surface area contributed by atoms with Crippen LogP contribution in [0.5, 0.6) is 0 Å². The SMILES string of the molecule is CCCn1cc(-c2nc(C)c(C)nc2NCC)cn1. The van der Waals surface area contributed by atoms with Gasteiger partial charge in [0, 0.05) is 24.8 Å². The largest absolute Gasteiger partial charge is 0.369 e. The van der Waals surface area contributed by atoms with Crippen molar-refractivity contribution in [2.45, 2.75) is 40.7 Å².